The number of benzene rings is 1. The van der Waals surface area contributed by atoms with E-state index in [0.29, 0.717) is 17.2 Å². The molecule has 102 valence electrons. The van der Waals surface area contributed by atoms with E-state index in [0.717, 1.165) is 19.4 Å². The van der Waals surface area contributed by atoms with Gasteiger partial charge in [0.25, 0.3) is 0 Å². The summed E-state index contributed by atoms with van der Waals surface area (Å²) in [6, 6.07) is 6.96. The van der Waals surface area contributed by atoms with Gasteiger partial charge in [0, 0.05) is 18.7 Å². The number of rotatable bonds is 4. The highest BCUT2D eigenvalue weighted by atomic mass is 32.1. The van der Waals surface area contributed by atoms with Gasteiger partial charge in [0.05, 0.1) is 12.3 Å². The summed E-state index contributed by atoms with van der Waals surface area (Å²) in [6.07, 6.45) is 3.94. The molecule has 1 aliphatic rings. The third-order valence-corrected chi connectivity index (χ3v) is 3.06. The number of phenolic OH excluding ortho intramolecular Hbond substituents is 1. The molecule has 1 aliphatic heterocycles. The molecule has 1 aromatic carbocycles. The molecule has 1 aromatic rings. The fraction of sp³-hybridized carbons (Fsp3) is 0.385. The van der Waals surface area contributed by atoms with E-state index in [2.05, 4.69) is 15.8 Å². The molecule has 1 saturated heterocycles. The van der Waals surface area contributed by atoms with Crippen LogP contribution >= 0.6 is 12.2 Å². The Hall–Kier alpha value is -1.66. The molecular formula is C13H17N3O2S. The van der Waals surface area contributed by atoms with Crippen molar-refractivity contribution in [2.45, 2.75) is 18.9 Å². The van der Waals surface area contributed by atoms with Crippen LogP contribution in [0.15, 0.2) is 29.4 Å². The van der Waals surface area contributed by atoms with Crippen molar-refractivity contribution < 1.29 is 9.84 Å². The fourth-order valence-electron chi connectivity index (χ4n) is 1.81. The lowest BCUT2D eigenvalue weighted by molar-refractivity contribution is 0.114. The molecule has 2 rings (SSSR count). The third kappa shape index (κ3) is 4.50. The second-order valence-corrected chi connectivity index (χ2v) is 4.68. The highest BCUT2D eigenvalue weighted by Gasteiger charge is 2.14. The highest BCUT2D eigenvalue weighted by molar-refractivity contribution is 7.80. The van der Waals surface area contributed by atoms with Crippen molar-refractivity contribution in [3.63, 3.8) is 0 Å². The van der Waals surface area contributed by atoms with Gasteiger partial charge in [-0.15, -0.1) is 0 Å². The van der Waals surface area contributed by atoms with Crippen LogP contribution in [0.1, 0.15) is 18.4 Å². The Labute approximate surface area is 117 Å². The number of phenols is 1. The zero-order valence-electron chi connectivity index (χ0n) is 10.5. The number of nitrogens with zero attached hydrogens (tertiary/aromatic N) is 1. The Kier molecular flexibility index (Phi) is 5.11. The SMILES string of the molecule is Oc1ccccc1/C=N/NC(=S)NC[C@H]1CCCO1. The molecule has 0 aliphatic carbocycles. The van der Waals surface area contributed by atoms with Crippen LogP contribution < -0.4 is 10.7 Å². The van der Waals surface area contributed by atoms with Crippen molar-refractivity contribution >= 4 is 23.5 Å². The van der Waals surface area contributed by atoms with Crippen molar-refractivity contribution in [1.29, 1.82) is 0 Å². The van der Waals surface area contributed by atoms with Crippen LogP contribution in [0.3, 0.4) is 0 Å². The Balaban J connectivity index is 1.72. The first-order chi connectivity index (χ1) is 9.25. The zero-order valence-corrected chi connectivity index (χ0v) is 11.3. The largest absolute Gasteiger partial charge is 0.507 e. The summed E-state index contributed by atoms with van der Waals surface area (Å²) in [5.41, 5.74) is 3.34. The summed E-state index contributed by atoms with van der Waals surface area (Å²) in [6.45, 7) is 1.52. The number of thiocarbonyl (C=S) groups is 1. The summed E-state index contributed by atoms with van der Waals surface area (Å²) < 4.78 is 5.47. The molecule has 3 N–H and O–H groups in total. The summed E-state index contributed by atoms with van der Waals surface area (Å²) >= 11 is 5.08. The second-order valence-electron chi connectivity index (χ2n) is 4.27. The van der Waals surface area contributed by atoms with Gasteiger partial charge in [-0.05, 0) is 37.2 Å². The first kappa shape index (κ1) is 13.8. The minimum absolute atomic E-state index is 0.186. The van der Waals surface area contributed by atoms with Gasteiger partial charge in [-0.1, -0.05) is 12.1 Å². The van der Waals surface area contributed by atoms with Gasteiger partial charge in [-0.2, -0.15) is 5.10 Å². The van der Waals surface area contributed by atoms with Crippen LogP contribution in [0.5, 0.6) is 5.75 Å². The van der Waals surface area contributed by atoms with Crippen molar-refractivity contribution in [3.8, 4) is 5.75 Å². The van der Waals surface area contributed by atoms with Gasteiger partial charge < -0.3 is 15.2 Å². The summed E-state index contributed by atoms with van der Waals surface area (Å²) in [5, 5.41) is 17.0. The molecule has 0 radical (unpaired) electrons. The van der Waals surface area contributed by atoms with Gasteiger partial charge in [0.2, 0.25) is 0 Å². The minimum atomic E-state index is 0.186. The number of hydrazone groups is 1. The van der Waals surface area contributed by atoms with Crippen molar-refractivity contribution in [2.24, 2.45) is 5.10 Å². The monoisotopic (exact) mass is 279 g/mol. The van der Waals surface area contributed by atoms with Gasteiger partial charge in [-0.25, -0.2) is 0 Å². The number of para-hydroxylation sites is 1. The van der Waals surface area contributed by atoms with Crippen LogP contribution in [0.25, 0.3) is 0 Å². The quantitative estimate of drug-likeness (QED) is 0.441. The predicted octanol–water partition coefficient (Wildman–Crippen LogP) is 1.37. The Morgan fingerprint density at radius 2 is 2.37 bits per heavy atom. The Morgan fingerprint density at radius 3 is 3.11 bits per heavy atom. The highest BCUT2D eigenvalue weighted by Crippen LogP contribution is 2.12. The Bertz CT molecular complexity index is 459. The molecule has 0 saturated carbocycles. The maximum Gasteiger partial charge on any atom is 0.187 e. The number of nitrogens with one attached hydrogen (secondary N) is 2. The standard InChI is InChI=1S/C13H17N3O2S/c17-12-6-2-1-4-10(12)8-15-16-13(19)14-9-11-5-3-7-18-11/h1-2,4,6,8,11,17H,3,5,7,9H2,(H2,14,16,19)/b15-8+/t11-/m1/s1. The van der Waals surface area contributed by atoms with E-state index in [1.807, 2.05) is 6.07 Å². The van der Waals surface area contributed by atoms with E-state index >= 15 is 0 Å². The van der Waals surface area contributed by atoms with E-state index in [4.69, 9.17) is 17.0 Å². The maximum atomic E-state index is 9.54. The molecule has 1 atom stereocenters. The molecule has 19 heavy (non-hydrogen) atoms. The topological polar surface area (TPSA) is 65.9 Å². The molecule has 0 aromatic heterocycles. The molecular weight excluding hydrogens is 262 g/mol. The molecule has 0 amide bonds. The van der Waals surface area contributed by atoms with Crippen LogP contribution in [-0.2, 0) is 4.74 Å². The molecule has 0 bridgehead atoms. The summed E-state index contributed by atoms with van der Waals surface area (Å²) in [5.74, 6) is 0.186. The van der Waals surface area contributed by atoms with Crippen LogP contribution in [0, 0.1) is 0 Å². The second kappa shape index (κ2) is 7.06. The number of ether oxygens (including phenoxy) is 1. The van der Waals surface area contributed by atoms with Crippen LogP contribution in [0.2, 0.25) is 0 Å². The predicted molar refractivity (Wildman–Crippen MR) is 78.4 cm³/mol. The number of aromatic hydroxyl groups is 1. The average Bonchev–Trinajstić information content (AvgIpc) is 2.92. The smallest absolute Gasteiger partial charge is 0.187 e. The first-order valence-electron chi connectivity index (χ1n) is 6.22. The lowest BCUT2D eigenvalue weighted by atomic mass is 10.2. The van der Waals surface area contributed by atoms with Gasteiger partial charge in [0.15, 0.2) is 5.11 Å². The van der Waals surface area contributed by atoms with Gasteiger partial charge >= 0.3 is 0 Å². The lowest BCUT2D eigenvalue weighted by Gasteiger charge is -2.11. The van der Waals surface area contributed by atoms with Gasteiger partial charge in [0.1, 0.15) is 5.75 Å². The molecule has 0 spiro atoms. The van der Waals surface area contributed by atoms with Crippen molar-refractivity contribution in [3.05, 3.63) is 29.8 Å². The molecule has 6 heteroatoms. The minimum Gasteiger partial charge on any atom is -0.507 e. The van der Waals surface area contributed by atoms with E-state index in [1.165, 1.54) is 6.21 Å². The molecule has 1 heterocycles. The van der Waals surface area contributed by atoms with Crippen LogP contribution in [0.4, 0.5) is 0 Å². The summed E-state index contributed by atoms with van der Waals surface area (Å²) in [7, 11) is 0. The molecule has 1 fully saturated rings. The normalized spacial score (nSPS) is 18.6. The molecule has 5 nitrogen and oxygen atoms in total. The third-order valence-electron chi connectivity index (χ3n) is 2.82. The Morgan fingerprint density at radius 1 is 1.53 bits per heavy atom. The average molecular weight is 279 g/mol. The number of hydrogen-bond donors (Lipinski definition) is 3. The first-order valence-corrected chi connectivity index (χ1v) is 6.63. The van der Waals surface area contributed by atoms with Crippen molar-refractivity contribution in [2.75, 3.05) is 13.2 Å². The van der Waals surface area contributed by atoms with E-state index in [1.54, 1.807) is 18.2 Å². The van der Waals surface area contributed by atoms with Gasteiger partial charge in [-0.3, -0.25) is 5.43 Å². The van der Waals surface area contributed by atoms with E-state index < -0.39 is 0 Å². The van der Waals surface area contributed by atoms with Crippen molar-refractivity contribution in [1.82, 2.24) is 10.7 Å². The maximum absolute atomic E-state index is 9.54. The van der Waals surface area contributed by atoms with Crippen LogP contribution in [-0.4, -0.2) is 35.7 Å². The number of hydrogen-bond acceptors (Lipinski definition) is 4. The lowest BCUT2D eigenvalue weighted by Crippen LogP contribution is -2.37. The van der Waals surface area contributed by atoms with E-state index in [-0.39, 0.29) is 11.9 Å². The van der Waals surface area contributed by atoms with E-state index in [9.17, 15) is 5.11 Å². The summed E-state index contributed by atoms with van der Waals surface area (Å²) in [4.78, 5) is 0. The molecule has 0 unspecified atom stereocenters. The fourth-order valence-corrected chi connectivity index (χ4v) is 1.94. The zero-order chi connectivity index (χ0) is 13.5.